The van der Waals surface area contributed by atoms with E-state index in [1.165, 1.54) is 5.56 Å². The first kappa shape index (κ1) is 16.2. The molecule has 2 N–H and O–H groups in total. The number of carbonyl (C=O) groups is 1. The number of ether oxygens (including phenoxy) is 2. The number of carbonyl (C=O) groups excluding carboxylic acids is 1. The summed E-state index contributed by atoms with van der Waals surface area (Å²) >= 11 is 0. The Hall–Kier alpha value is -2.69. The highest BCUT2D eigenvalue weighted by molar-refractivity contribution is 5.89. The lowest BCUT2D eigenvalue weighted by molar-refractivity contribution is 0.174. The van der Waals surface area contributed by atoms with E-state index in [1.54, 1.807) is 0 Å². The number of urea groups is 1. The van der Waals surface area contributed by atoms with E-state index in [0.29, 0.717) is 12.5 Å². The van der Waals surface area contributed by atoms with Crippen molar-refractivity contribution in [1.29, 1.82) is 0 Å². The van der Waals surface area contributed by atoms with Gasteiger partial charge < -0.3 is 20.1 Å². The zero-order chi connectivity index (χ0) is 16.9. The van der Waals surface area contributed by atoms with Crippen LogP contribution in [0.5, 0.6) is 11.5 Å². The van der Waals surface area contributed by atoms with Gasteiger partial charge in [-0.1, -0.05) is 32.0 Å². The highest BCUT2D eigenvalue weighted by Crippen LogP contribution is 2.32. The molecule has 2 amide bonds. The second kappa shape index (κ2) is 7.25. The van der Waals surface area contributed by atoms with Gasteiger partial charge in [0.25, 0.3) is 0 Å². The minimum Gasteiger partial charge on any atom is -0.454 e. The average molecular weight is 326 g/mol. The molecule has 2 aromatic carbocycles. The van der Waals surface area contributed by atoms with Crippen molar-refractivity contribution < 1.29 is 14.3 Å². The van der Waals surface area contributed by atoms with Gasteiger partial charge in [-0.05, 0) is 47.7 Å². The standard InChI is InChI=1S/C19H22N2O3/c1-13(2)15-4-6-16(7-5-15)21-19(22)20-10-9-14-3-8-17-18(11-14)24-12-23-17/h3-8,11,13H,9-10,12H2,1-2H3,(H2,20,21,22). The fourth-order valence-electron chi connectivity index (χ4n) is 2.54. The minimum atomic E-state index is -0.201. The molecule has 0 spiro atoms. The van der Waals surface area contributed by atoms with Crippen molar-refractivity contribution in [2.45, 2.75) is 26.2 Å². The normalized spacial score (nSPS) is 12.3. The number of anilines is 1. The molecule has 0 aliphatic carbocycles. The lowest BCUT2D eigenvalue weighted by Crippen LogP contribution is -2.30. The van der Waals surface area contributed by atoms with Crippen molar-refractivity contribution in [2.75, 3.05) is 18.7 Å². The first-order valence-electron chi connectivity index (χ1n) is 8.15. The third kappa shape index (κ3) is 3.98. The van der Waals surface area contributed by atoms with Crippen LogP contribution in [0.3, 0.4) is 0 Å². The first-order valence-corrected chi connectivity index (χ1v) is 8.15. The van der Waals surface area contributed by atoms with Gasteiger partial charge in [0, 0.05) is 12.2 Å². The Morgan fingerprint density at radius 3 is 2.58 bits per heavy atom. The van der Waals surface area contributed by atoms with Crippen LogP contribution in [0.1, 0.15) is 30.9 Å². The van der Waals surface area contributed by atoms with Crippen molar-refractivity contribution in [1.82, 2.24) is 5.32 Å². The van der Waals surface area contributed by atoms with Gasteiger partial charge in [-0.3, -0.25) is 0 Å². The molecule has 0 atom stereocenters. The summed E-state index contributed by atoms with van der Waals surface area (Å²) in [4.78, 5) is 11.9. The van der Waals surface area contributed by atoms with Crippen molar-refractivity contribution in [3.8, 4) is 11.5 Å². The predicted octanol–water partition coefficient (Wildman–Crippen LogP) is 3.90. The molecule has 5 nitrogen and oxygen atoms in total. The van der Waals surface area contributed by atoms with Crippen LogP contribution >= 0.6 is 0 Å². The van der Waals surface area contributed by atoms with Gasteiger partial charge in [0.2, 0.25) is 6.79 Å². The van der Waals surface area contributed by atoms with Gasteiger partial charge in [0.05, 0.1) is 0 Å². The summed E-state index contributed by atoms with van der Waals surface area (Å²) in [6.07, 6.45) is 0.732. The van der Waals surface area contributed by atoms with Crippen LogP contribution in [-0.4, -0.2) is 19.4 Å². The molecule has 1 heterocycles. The van der Waals surface area contributed by atoms with Gasteiger partial charge in [-0.2, -0.15) is 0 Å². The molecular weight excluding hydrogens is 304 g/mol. The zero-order valence-electron chi connectivity index (χ0n) is 14.0. The maximum atomic E-state index is 11.9. The van der Waals surface area contributed by atoms with E-state index < -0.39 is 0 Å². The molecule has 0 unspecified atom stereocenters. The maximum absolute atomic E-state index is 11.9. The van der Waals surface area contributed by atoms with Gasteiger partial charge in [-0.15, -0.1) is 0 Å². The lowest BCUT2D eigenvalue weighted by atomic mass is 10.0. The summed E-state index contributed by atoms with van der Waals surface area (Å²) < 4.78 is 10.6. The summed E-state index contributed by atoms with van der Waals surface area (Å²) in [6.45, 7) is 5.11. The fraction of sp³-hybridized carbons (Fsp3) is 0.316. The van der Waals surface area contributed by atoms with E-state index in [0.717, 1.165) is 29.2 Å². The number of hydrogen-bond acceptors (Lipinski definition) is 3. The number of amides is 2. The molecule has 2 aromatic rings. The lowest BCUT2D eigenvalue weighted by Gasteiger charge is -2.10. The molecule has 0 fully saturated rings. The second-order valence-electron chi connectivity index (χ2n) is 6.10. The molecule has 24 heavy (non-hydrogen) atoms. The molecule has 0 radical (unpaired) electrons. The summed E-state index contributed by atoms with van der Waals surface area (Å²) in [5.41, 5.74) is 3.14. The third-order valence-corrected chi connectivity index (χ3v) is 3.97. The third-order valence-electron chi connectivity index (χ3n) is 3.97. The molecule has 1 aliphatic rings. The molecule has 0 aromatic heterocycles. The van der Waals surface area contributed by atoms with E-state index in [-0.39, 0.29) is 12.8 Å². The van der Waals surface area contributed by atoms with Gasteiger partial charge >= 0.3 is 6.03 Å². The van der Waals surface area contributed by atoms with E-state index in [2.05, 4.69) is 24.5 Å². The molecule has 0 saturated heterocycles. The summed E-state index contributed by atoms with van der Waals surface area (Å²) in [5.74, 6) is 2.02. The van der Waals surface area contributed by atoms with Crippen LogP contribution in [-0.2, 0) is 6.42 Å². The largest absolute Gasteiger partial charge is 0.454 e. The summed E-state index contributed by atoms with van der Waals surface area (Å²) in [5, 5.41) is 5.70. The number of hydrogen-bond donors (Lipinski definition) is 2. The molecule has 1 aliphatic heterocycles. The Labute approximate surface area is 142 Å². The van der Waals surface area contributed by atoms with Gasteiger partial charge in [-0.25, -0.2) is 4.79 Å². The van der Waals surface area contributed by atoms with Crippen LogP contribution in [0, 0.1) is 0 Å². The van der Waals surface area contributed by atoms with E-state index >= 15 is 0 Å². The van der Waals surface area contributed by atoms with Crippen molar-refractivity contribution in [2.24, 2.45) is 0 Å². The van der Waals surface area contributed by atoms with Crippen LogP contribution < -0.4 is 20.1 Å². The summed E-state index contributed by atoms with van der Waals surface area (Å²) in [6, 6.07) is 13.5. The Morgan fingerprint density at radius 1 is 1.08 bits per heavy atom. The first-order chi connectivity index (χ1) is 11.6. The quantitative estimate of drug-likeness (QED) is 0.876. The number of rotatable bonds is 5. The Morgan fingerprint density at radius 2 is 1.83 bits per heavy atom. The Balaban J connectivity index is 1.45. The number of benzene rings is 2. The van der Waals surface area contributed by atoms with E-state index in [1.807, 2.05) is 42.5 Å². The average Bonchev–Trinajstić information content (AvgIpc) is 3.03. The summed E-state index contributed by atoms with van der Waals surface area (Å²) in [7, 11) is 0. The molecule has 0 bridgehead atoms. The van der Waals surface area contributed by atoms with Crippen LogP contribution in [0.25, 0.3) is 0 Å². The predicted molar refractivity (Wildman–Crippen MR) is 93.8 cm³/mol. The minimum absolute atomic E-state index is 0.201. The monoisotopic (exact) mass is 326 g/mol. The number of fused-ring (bicyclic) bond motifs is 1. The number of nitrogens with one attached hydrogen (secondary N) is 2. The highest BCUT2D eigenvalue weighted by Gasteiger charge is 2.13. The second-order valence-corrected chi connectivity index (χ2v) is 6.10. The van der Waals surface area contributed by atoms with Gasteiger partial charge in [0.15, 0.2) is 11.5 Å². The smallest absolute Gasteiger partial charge is 0.319 e. The fourth-order valence-corrected chi connectivity index (χ4v) is 2.54. The van der Waals surface area contributed by atoms with Crippen LogP contribution in [0.15, 0.2) is 42.5 Å². The molecule has 3 rings (SSSR count). The molecule has 5 heteroatoms. The van der Waals surface area contributed by atoms with Gasteiger partial charge in [0.1, 0.15) is 0 Å². The van der Waals surface area contributed by atoms with Crippen molar-refractivity contribution in [3.05, 3.63) is 53.6 Å². The molecule has 126 valence electrons. The topological polar surface area (TPSA) is 59.6 Å². The zero-order valence-corrected chi connectivity index (χ0v) is 14.0. The van der Waals surface area contributed by atoms with Crippen molar-refractivity contribution in [3.63, 3.8) is 0 Å². The maximum Gasteiger partial charge on any atom is 0.319 e. The Bertz CT molecular complexity index is 711. The van der Waals surface area contributed by atoms with Crippen LogP contribution in [0.4, 0.5) is 10.5 Å². The van der Waals surface area contributed by atoms with E-state index in [4.69, 9.17) is 9.47 Å². The van der Waals surface area contributed by atoms with Crippen molar-refractivity contribution >= 4 is 11.7 Å². The Kier molecular flexibility index (Phi) is 4.89. The molecular formula is C19H22N2O3. The highest BCUT2D eigenvalue weighted by atomic mass is 16.7. The molecule has 0 saturated carbocycles. The van der Waals surface area contributed by atoms with Crippen LogP contribution in [0.2, 0.25) is 0 Å². The van der Waals surface area contributed by atoms with E-state index in [9.17, 15) is 4.79 Å². The SMILES string of the molecule is CC(C)c1ccc(NC(=O)NCCc2ccc3c(c2)OCO3)cc1.